The Bertz CT molecular complexity index is 1180. The van der Waals surface area contributed by atoms with Crippen LogP contribution in [0.2, 0.25) is 0 Å². The zero-order valence-electron chi connectivity index (χ0n) is 17.6. The van der Waals surface area contributed by atoms with Crippen molar-refractivity contribution in [1.29, 1.82) is 0 Å². The Labute approximate surface area is 192 Å². The Balaban J connectivity index is 0.000000191. The van der Waals surface area contributed by atoms with E-state index in [4.69, 9.17) is 0 Å². The van der Waals surface area contributed by atoms with E-state index in [2.05, 4.69) is 10.6 Å². The monoisotopic (exact) mass is 466 g/mol. The van der Waals surface area contributed by atoms with E-state index in [0.29, 0.717) is 11.1 Å². The largest absolute Gasteiger partial charge is 0.319 e. The molecule has 0 spiro atoms. The Morgan fingerprint density at radius 3 is 1.18 bits per heavy atom. The minimum atomic E-state index is -1.06. The fourth-order valence-corrected chi connectivity index (χ4v) is 2.77. The SMILES string of the molecule is O=C(Nc1cccc(F)c1F)c1ccccc1.O=C(Nc1cccc(F)c1F)c1ccccc1. The predicted octanol–water partition coefficient (Wildman–Crippen LogP) is 6.43. The first-order valence-electron chi connectivity index (χ1n) is 9.97. The molecular weight excluding hydrogens is 448 g/mol. The van der Waals surface area contributed by atoms with Crippen LogP contribution >= 0.6 is 0 Å². The van der Waals surface area contributed by atoms with Gasteiger partial charge in [0.05, 0.1) is 11.4 Å². The van der Waals surface area contributed by atoms with E-state index < -0.39 is 35.1 Å². The second kappa shape index (κ2) is 11.4. The molecule has 172 valence electrons. The van der Waals surface area contributed by atoms with Gasteiger partial charge in [-0.25, -0.2) is 17.6 Å². The van der Waals surface area contributed by atoms with Gasteiger partial charge >= 0.3 is 0 Å². The van der Waals surface area contributed by atoms with E-state index in [9.17, 15) is 27.2 Å². The van der Waals surface area contributed by atoms with Crippen molar-refractivity contribution in [2.75, 3.05) is 10.6 Å². The highest BCUT2D eigenvalue weighted by Gasteiger charge is 2.12. The van der Waals surface area contributed by atoms with Crippen LogP contribution in [-0.4, -0.2) is 11.8 Å². The van der Waals surface area contributed by atoms with Crippen molar-refractivity contribution >= 4 is 23.2 Å². The highest BCUT2D eigenvalue weighted by molar-refractivity contribution is 6.04. The average molecular weight is 466 g/mol. The quantitative estimate of drug-likeness (QED) is 0.341. The zero-order valence-corrected chi connectivity index (χ0v) is 17.6. The lowest BCUT2D eigenvalue weighted by Crippen LogP contribution is -2.13. The van der Waals surface area contributed by atoms with Crippen LogP contribution in [0, 0.1) is 23.3 Å². The van der Waals surface area contributed by atoms with Crippen molar-refractivity contribution in [1.82, 2.24) is 0 Å². The normalized spacial score (nSPS) is 10.0. The maximum atomic E-state index is 13.3. The third-order valence-corrected chi connectivity index (χ3v) is 4.47. The molecule has 0 atom stereocenters. The number of anilines is 2. The Kier molecular flexibility index (Phi) is 8.12. The van der Waals surface area contributed by atoms with Gasteiger partial charge in [-0.1, -0.05) is 48.5 Å². The maximum Gasteiger partial charge on any atom is 0.255 e. The minimum absolute atomic E-state index is 0.168. The summed E-state index contributed by atoms with van der Waals surface area (Å²) in [6.45, 7) is 0. The lowest BCUT2D eigenvalue weighted by atomic mass is 10.2. The standard InChI is InChI=1S/2C13H9F2NO/c2*14-10-7-4-8-11(12(10)15)16-13(17)9-5-2-1-3-6-9/h2*1-8H,(H,16,17). The summed E-state index contributed by atoms with van der Waals surface area (Å²) < 4.78 is 52.4. The fourth-order valence-electron chi connectivity index (χ4n) is 2.77. The molecule has 0 aromatic heterocycles. The van der Waals surface area contributed by atoms with Gasteiger partial charge in [0.25, 0.3) is 11.8 Å². The van der Waals surface area contributed by atoms with E-state index in [1.165, 1.54) is 24.3 Å². The van der Waals surface area contributed by atoms with Gasteiger partial charge in [-0.3, -0.25) is 9.59 Å². The van der Waals surface area contributed by atoms with Crippen LogP contribution in [-0.2, 0) is 0 Å². The highest BCUT2D eigenvalue weighted by Crippen LogP contribution is 2.18. The van der Waals surface area contributed by atoms with Gasteiger partial charge in [0.15, 0.2) is 23.3 Å². The first-order chi connectivity index (χ1) is 16.4. The van der Waals surface area contributed by atoms with Crippen LogP contribution in [0.5, 0.6) is 0 Å². The minimum Gasteiger partial charge on any atom is -0.319 e. The van der Waals surface area contributed by atoms with Gasteiger partial charge < -0.3 is 10.6 Å². The summed E-state index contributed by atoms with van der Waals surface area (Å²) in [6, 6.07) is 23.9. The molecular formula is C26H18F4N2O2. The summed E-state index contributed by atoms with van der Waals surface area (Å²) in [4.78, 5) is 23.4. The van der Waals surface area contributed by atoms with E-state index >= 15 is 0 Å². The molecule has 0 bridgehead atoms. The number of hydrogen-bond donors (Lipinski definition) is 2. The van der Waals surface area contributed by atoms with Gasteiger partial charge in [0, 0.05) is 11.1 Å². The number of hydrogen-bond acceptors (Lipinski definition) is 2. The maximum absolute atomic E-state index is 13.3. The molecule has 0 heterocycles. The number of carbonyl (C=O) groups excluding carboxylic acids is 2. The summed E-state index contributed by atoms with van der Waals surface area (Å²) in [6.07, 6.45) is 0. The molecule has 0 aliphatic carbocycles. The molecule has 4 aromatic rings. The first-order valence-corrected chi connectivity index (χ1v) is 9.97. The van der Waals surface area contributed by atoms with Crippen LogP contribution in [0.15, 0.2) is 97.1 Å². The molecule has 0 unspecified atom stereocenters. The summed E-state index contributed by atoms with van der Waals surface area (Å²) in [5.41, 5.74) is 0.435. The van der Waals surface area contributed by atoms with Crippen LogP contribution in [0.25, 0.3) is 0 Å². The van der Waals surface area contributed by atoms with Crippen LogP contribution in [0.1, 0.15) is 20.7 Å². The zero-order chi connectivity index (χ0) is 24.5. The molecule has 0 saturated carbocycles. The smallest absolute Gasteiger partial charge is 0.255 e. The molecule has 0 aliphatic rings. The molecule has 4 aromatic carbocycles. The van der Waals surface area contributed by atoms with Gasteiger partial charge in [0.2, 0.25) is 0 Å². The van der Waals surface area contributed by atoms with Crippen molar-refractivity contribution < 1.29 is 27.2 Å². The van der Waals surface area contributed by atoms with Crippen molar-refractivity contribution in [2.45, 2.75) is 0 Å². The molecule has 0 aliphatic heterocycles. The number of nitrogens with one attached hydrogen (secondary N) is 2. The molecule has 8 heteroatoms. The fraction of sp³-hybridized carbons (Fsp3) is 0. The number of halogens is 4. The van der Waals surface area contributed by atoms with Crippen molar-refractivity contribution in [3.8, 4) is 0 Å². The lowest BCUT2D eigenvalue weighted by molar-refractivity contribution is 0.101. The number of rotatable bonds is 4. The molecule has 4 nitrogen and oxygen atoms in total. The molecule has 2 N–H and O–H groups in total. The predicted molar refractivity (Wildman–Crippen MR) is 122 cm³/mol. The van der Waals surface area contributed by atoms with Gasteiger partial charge in [0.1, 0.15) is 0 Å². The van der Waals surface area contributed by atoms with Gasteiger partial charge in [-0.2, -0.15) is 0 Å². The van der Waals surface area contributed by atoms with E-state index in [-0.39, 0.29) is 11.4 Å². The first kappa shape index (κ1) is 24.2. The second-order valence-corrected chi connectivity index (χ2v) is 6.84. The summed E-state index contributed by atoms with van der Waals surface area (Å²) in [7, 11) is 0. The molecule has 0 fully saturated rings. The Morgan fingerprint density at radius 1 is 0.471 bits per heavy atom. The van der Waals surface area contributed by atoms with Crippen molar-refractivity contribution in [3.63, 3.8) is 0 Å². The van der Waals surface area contributed by atoms with Crippen LogP contribution in [0.3, 0.4) is 0 Å². The second-order valence-electron chi connectivity index (χ2n) is 6.84. The van der Waals surface area contributed by atoms with Gasteiger partial charge in [-0.15, -0.1) is 0 Å². The van der Waals surface area contributed by atoms with Crippen LogP contribution in [0.4, 0.5) is 28.9 Å². The highest BCUT2D eigenvalue weighted by atomic mass is 19.2. The molecule has 0 saturated heterocycles. The average Bonchev–Trinajstić information content (AvgIpc) is 2.86. The Hall–Kier alpha value is -4.46. The third kappa shape index (κ3) is 6.29. The van der Waals surface area contributed by atoms with Crippen molar-refractivity contribution in [3.05, 3.63) is 131 Å². The molecule has 4 rings (SSSR count). The van der Waals surface area contributed by atoms with E-state index in [0.717, 1.165) is 12.1 Å². The van der Waals surface area contributed by atoms with Crippen LogP contribution < -0.4 is 10.6 Å². The third-order valence-electron chi connectivity index (χ3n) is 4.47. The lowest BCUT2D eigenvalue weighted by Gasteiger charge is -2.06. The van der Waals surface area contributed by atoms with Gasteiger partial charge in [-0.05, 0) is 48.5 Å². The van der Waals surface area contributed by atoms with E-state index in [1.807, 2.05) is 0 Å². The summed E-state index contributed by atoms with van der Waals surface area (Å²) in [5.74, 6) is -5.05. The number of carbonyl (C=O) groups is 2. The topological polar surface area (TPSA) is 58.2 Å². The number of amides is 2. The van der Waals surface area contributed by atoms with E-state index in [1.54, 1.807) is 60.7 Å². The summed E-state index contributed by atoms with van der Waals surface area (Å²) >= 11 is 0. The molecule has 2 amide bonds. The van der Waals surface area contributed by atoms with Crippen molar-refractivity contribution in [2.24, 2.45) is 0 Å². The Morgan fingerprint density at radius 2 is 0.824 bits per heavy atom. The molecule has 34 heavy (non-hydrogen) atoms. The molecule has 0 radical (unpaired) electrons. The summed E-state index contributed by atoms with van der Waals surface area (Å²) in [5, 5.41) is 4.63. The number of benzene rings is 4.